The lowest BCUT2D eigenvalue weighted by molar-refractivity contribution is 0.351. The highest BCUT2D eigenvalue weighted by Crippen LogP contribution is 2.18. The fourth-order valence-corrected chi connectivity index (χ4v) is 3.15. The lowest BCUT2D eigenvalue weighted by Gasteiger charge is -2.25. The fourth-order valence-electron chi connectivity index (χ4n) is 3.15. The lowest BCUT2D eigenvalue weighted by Crippen LogP contribution is -2.37. The number of phenolic OH excluding ortho intramolecular Hbond substituents is 1. The molecule has 2 heteroatoms. The molecule has 1 aliphatic carbocycles. The minimum absolute atomic E-state index is 0.356. The Balaban J connectivity index is 1.71. The van der Waals surface area contributed by atoms with Crippen molar-refractivity contribution >= 4 is 0 Å². The van der Waals surface area contributed by atoms with Crippen LogP contribution in [0, 0.1) is 0 Å². The Morgan fingerprint density at radius 2 is 1.65 bits per heavy atom. The van der Waals surface area contributed by atoms with Crippen LogP contribution in [0.15, 0.2) is 24.3 Å². The number of hydrogen-bond donors (Lipinski definition) is 2. The summed E-state index contributed by atoms with van der Waals surface area (Å²) in [6.45, 7) is 2.30. The Labute approximate surface area is 123 Å². The van der Waals surface area contributed by atoms with E-state index >= 15 is 0 Å². The van der Waals surface area contributed by atoms with Crippen LogP contribution in [0.1, 0.15) is 63.9 Å². The van der Waals surface area contributed by atoms with Gasteiger partial charge in [-0.25, -0.2) is 0 Å². The third-order valence-electron chi connectivity index (χ3n) is 4.43. The number of aromatic hydroxyl groups is 1. The smallest absolute Gasteiger partial charge is 0.115 e. The van der Waals surface area contributed by atoms with Crippen LogP contribution in [-0.4, -0.2) is 17.2 Å². The molecule has 0 amide bonds. The zero-order chi connectivity index (χ0) is 14.2. The number of phenols is 1. The maximum atomic E-state index is 9.29. The van der Waals surface area contributed by atoms with E-state index in [0.717, 1.165) is 12.5 Å². The van der Waals surface area contributed by atoms with Gasteiger partial charge in [-0.15, -0.1) is 0 Å². The summed E-state index contributed by atoms with van der Waals surface area (Å²) in [5.41, 5.74) is 1.31. The van der Waals surface area contributed by atoms with E-state index in [4.69, 9.17) is 0 Å². The SMILES string of the molecule is CC(CCc1ccc(O)cc1)NC1CCCCCCC1. The van der Waals surface area contributed by atoms with Gasteiger partial charge < -0.3 is 10.4 Å². The first-order valence-electron chi connectivity index (χ1n) is 8.28. The van der Waals surface area contributed by atoms with Crippen molar-refractivity contribution in [3.63, 3.8) is 0 Å². The summed E-state index contributed by atoms with van der Waals surface area (Å²) in [6, 6.07) is 8.92. The highest BCUT2D eigenvalue weighted by molar-refractivity contribution is 5.25. The zero-order valence-corrected chi connectivity index (χ0v) is 12.8. The molecular formula is C18H29NO. The van der Waals surface area contributed by atoms with Crippen molar-refractivity contribution < 1.29 is 5.11 Å². The van der Waals surface area contributed by atoms with E-state index in [0.29, 0.717) is 11.8 Å². The van der Waals surface area contributed by atoms with E-state index in [9.17, 15) is 5.11 Å². The van der Waals surface area contributed by atoms with E-state index in [1.165, 1.54) is 56.9 Å². The zero-order valence-electron chi connectivity index (χ0n) is 12.8. The molecule has 1 aliphatic rings. The highest BCUT2D eigenvalue weighted by atomic mass is 16.3. The first-order valence-corrected chi connectivity index (χ1v) is 8.28. The minimum Gasteiger partial charge on any atom is -0.508 e. The first-order chi connectivity index (χ1) is 9.74. The number of nitrogens with one attached hydrogen (secondary N) is 1. The van der Waals surface area contributed by atoms with Crippen LogP contribution >= 0.6 is 0 Å². The average Bonchev–Trinajstić information content (AvgIpc) is 2.41. The van der Waals surface area contributed by atoms with E-state index in [1.54, 1.807) is 12.1 Å². The summed E-state index contributed by atoms with van der Waals surface area (Å²) in [4.78, 5) is 0. The van der Waals surface area contributed by atoms with E-state index < -0.39 is 0 Å². The molecule has 0 aliphatic heterocycles. The van der Waals surface area contributed by atoms with Crippen LogP contribution in [0.25, 0.3) is 0 Å². The third-order valence-corrected chi connectivity index (χ3v) is 4.43. The van der Waals surface area contributed by atoms with Gasteiger partial charge in [0.25, 0.3) is 0 Å². The van der Waals surface area contributed by atoms with E-state index in [1.807, 2.05) is 12.1 Å². The normalized spacial score (nSPS) is 19.2. The molecule has 0 heterocycles. The topological polar surface area (TPSA) is 32.3 Å². The number of rotatable bonds is 5. The van der Waals surface area contributed by atoms with E-state index in [2.05, 4.69) is 12.2 Å². The standard InChI is InChI=1S/C18H29NO/c1-15(9-10-16-11-13-18(20)14-12-16)19-17-7-5-3-2-4-6-8-17/h11-15,17,19-20H,2-10H2,1H3. The number of benzene rings is 1. The molecule has 2 nitrogen and oxygen atoms in total. The summed E-state index contributed by atoms with van der Waals surface area (Å²) in [6.07, 6.45) is 12.0. The minimum atomic E-state index is 0.356. The van der Waals surface area contributed by atoms with Crippen LogP contribution in [-0.2, 0) is 6.42 Å². The second-order valence-corrected chi connectivity index (χ2v) is 6.31. The molecule has 2 N–H and O–H groups in total. The van der Waals surface area contributed by atoms with Crippen molar-refractivity contribution in [2.24, 2.45) is 0 Å². The molecule has 0 saturated heterocycles. The summed E-state index contributed by atoms with van der Waals surface area (Å²) >= 11 is 0. The van der Waals surface area contributed by atoms with E-state index in [-0.39, 0.29) is 0 Å². The maximum Gasteiger partial charge on any atom is 0.115 e. The summed E-state index contributed by atoms with van der Waals surface area (Å²) in [7, 11) is 0. The Hall–Kier alpha value is -1.02. The van der Waals surface area contributed by atoms with Crippen molar-refractivity contribution in [1.29, 1.82) is 0 Å². The van der Waals surface area contributed by atoms with Gasteiger partial charge in [-0.05, 0) is 50.3 Å². The first kappa shape index (κ1) is 15.4. The van der Waals surface area contributed by atoms with Gasteiger partial charge in [-0.3, -0.25) is 0 Å². The van der Waals surface area contributed by atoms with Crippen LogP contribution < -0.4 is 5.32 Å². The van der Waals surface area contributed by atoms with Gasteiger partial charge in [0.1, 0.15) is 5.75 Å². The Kier molecular flexibility index (Phi) is 6.38. The molecule has 1 aromatic rings. The molecule has 20 heavy (non-hydrogen) atoms. The van der Waals surface area contributed by atoms with Crippen molar-refractivity contribution in [2.75, 3.05) is 0 Å². The number of hydrogen-bond acceptors (Lipinski definition) is 2. The average molecular weight is 275 g/mol. The van der Waals surface area contributed by atoms with Gasteiger partial charge in [0.05, 0.1) is 0 Å². The molecule has 1 atom stereocenters. The predicted molar refractivity (Wildman–Crippen MR) is 85.1 cm³/mol. The molecule has 2 rings (SSSR count). The quantitative estimate of drug-likeness (QED) is 0.834. The van der Waals surface area contributed by atoms with Gasteiger partial charge in [0, 0.05) is 12.1 Å². The molecular weight excluding hydrogens is 246 g/mol. The van der Waals surface area contributed by atoms with Crippen LogP contribution in [0.3, 0.4) is 0 Å². The van der Waals surface area contributed by atoms with Gasteiger partial charge in [-0.1, -0.05) is 44.2 Å². The Bertz CT molecular complexity index is 366. The summed E-state index contributed by atoms with van der Waals surface area (Å²) < 4.78 is 0. The molecule has 1 fully saturated rings. The van der Waals surface area contributed by atoms with Gasteiger partial charge >= 0.3 is 0 Å². The molecule has 0 radical (unpaired) electrons. The fraction of sp³-hybridized carbons (Fsp3) is 0.667. The van der Waals surface area contributed by atoms with Gasteiger partial charge in [0.2, 0.25) is 0 Å². The van der Waals surface area contributed by atoms with Crippen molar-refractivity contribution in [3.8, 4) is 5.75 Å². The molecule has 1 unspecified atom stereocenters. The molecule has 0 spiro atoms. The molecule has 1 saturated carbocycles. The summed E-state index contributed by atoms with van der Waals surface area (Å²) in [5, 5.41) is 13.1. The second-order valence-electron chi connectivity index (χ2n) is 6.31. The molecule has 0 bridgehead atoms. The van der Waals surface area contributed by atoms with Crippen LogP contribution in [0.2, 0.25) is 0 Å². The monoisotopic (exact) mass is 275 g/mol. The summed E-state index contributed by atoms with van der Waals surface area (Å²) in [5.74, 6) is 0.356. The third kappa shape index (κ3) is 5.54. The van der Waals surface area contributed by atoms with Crippen molar-refractivity contribution in [1.82, 2.24) is 5.32 Å². The molecule has 112 valence electrons. The number of aryl methyl sites for hydroxylation is 1. The Morgan fingerprint density at radius 1 is 1.05 bits per heavy atom. The predicted octanol–water partition coefficient (Wildman–Crippen LogP) is 4.42. The Morgan fingerprint density at radius 3 is 2.30 bits per heavy atom. The van der Waals surface area contributed by atoms with Crippen LogP contribution in [0.4, 0.5) is 0 Å². The van der Waals surface area contributed by atoms with Crippen molar-refractivity contribution in [2.45, 2.75) is 76.8 Å². The largest absolute Gasteiger partial charge is 0.508 e. The molecule has 0 aromatic heterocycles. The lowest BCUT2D eigenvalue weighted by atomic mass is 9.95. The van der Waals surface area contributed by atoms with Gasteiger partial charge in [-0.2, -0.15) is 0 Å². The maximum absolute atomic E-state index is 9.29. The van der Waals surface area contributed by atoms with Crippen LogP contribution in [0.5, 0.6) is 5.75 Å². The highest BCUT2D eigenvalue weighted by Gasteiger charge is 2.13. The van der Waals surface area contributed by atoms with Crippen molar-refractivity contribution in [3.05, 3.63) is 29.8 Å². The molecule has 1 aromatic carbocycles. The second kappa shape index (κ2) is 8.31. The van der Waals surface area contributed by atoms with Gasteiger partial charge in [0.15, 0.2) is 0 Å².